The molecule has 0 aliphatic heterocycles. The van der Waals surface area contributed by atoms with Gasteiger partial charge in [-0.1, -0.05) is 11.8 Å². The molecule has 0 radical (unpaired) electrons. The highest BCUT2D eigenvalue weighted by molar-refractivity contribution is 7.99. The summed E-state index contributed by atoms with van der Waals surface area (Å²) in [6, 6.07) is 5.69. The second-order valence-corrected chi connectivity index (χ2v) is 8.66. The van der Waals surface area contributed by atoms with Crippen LogP contribution in [0.1, 0.15) is 33.6 Å². The monoisotopic (exact) mass is 447 g/mol. The number of ether oxygens (including phenoxy) is 1. The third-order valence-electron chi connectivity index (χ3n) is 4.64. The topological polar surface area (TPSA) is 94.3 Å². The van der Waals surface area contributed by atoms with Crippen LogP contribution < -0.4 is 5.32 Å². The Morgan fingerprint density at radius 1 is 1.23 bits per heavy atom. The molecule has 7 nitrogen and oxygen atoms in total. The number of hydrogen-bond acceptors (Lipinski definition) is 8. The van der Waals surface area contributed by atoms with E-state index in [0.717, 1.165) is 47.9 Å². The molecule has 4 rings (SSSR count). The Kier molecular flexibility index (Phi) is 6.14. The lowest BCUT2D eigenvalue weighted by Gasteiger charge is -2.11. The van der Waals surface area contributed by atoms with Gasteiger partial charge in [0.05, 0.1) is 18.4 Å². The minimum Gasteiger partial charge on any atom is -0.465 e. The molecule has 156 valence electrons. The molecule has 3 aromatic rings. The number of benzene rings is 1. The molecule has 0 saturated carbocycles. The highest BCUT2D eigenvalue weighted by Gasteiger charge is 2.27. The predicted octanol–water partition coefficient (Wildman–Crippen LogP) is 4.33. The van der Waals surface area contributed by atoms with Crippen LogP contribution in [0.15, 0.2) is 33.9 Å². The van der Waals surface area contributed by atoms with Gasteiger partial charge in [-0.15, -0.1) is 21.5 Å². The third-order valence-corrected chi connectivity index (χ3v) is 6.66. The van der Waals surface area contributed by atoms with Gasteiger partial charge < -0.3 is 14.5 Å². The number of halogens is 1. The Hall–Kier alpha value is -2.72. The van der Waals surface area contributed by atoms with Gasteiger partial charge in [-0.3, -0.25) is 4.79 Å². The van der Waals surface area contributed by atoms with Crippen LogP contribution in [0.25, 0.3) is 11.5 Å². The minimum absolute atomic E-state index is 0.0359. The van der Waals surface area contributed by atoms with Crippen LogP contribution in [0, 0.1) is 5.82 Å². The molecule has 0 fully saturated rings. The molecule has 1 aromatic carbocycles. The lowest BCUT2D eigenvalue weighted by molar-refractivity contribution is -0.113. The highest BCUT2D eigenvalue weighted by Crippen LogP contribution is 2.38. The second-order valence-electron chi connectivity index (χ2n) is 6.62. The molecule has 2 heterocycles. The molecule has 30 heavy (non-hydrogen) atoms. The van der Waals surface area contributed by atoms with Crippen molar-refractivity contribution in [2.45, 2.75) is 30.9 Å². The number of methoxy groups -OCH3 is 1. The molecule has 1 N–H and O–H groups in total. The number of carbonyl (C=O) groups excluding carboxylic acids is 2. The first-order valence-electron chi connectivity index (χ1n) is 9.30. The number of hydrogen-bond donors (Lipinski definition) is 1. The van der Waals surface area contributed by atoms with Crippen molar-refractivity contribution in [3.05, 3.63) is 46.1 Å². The maximum Gasteiger partial charge on any atom is 0.341 e. The number of aromatic nitrogens is 2. The first kappa shape index (κ1) is 20.5. The molecule has 0 saturated heterocycles. The number of anilines is 1. The third kappa shape index (κ3) is 4.39. The van der Waals surface area contributed by atoms with Crippen molar-refractivity contribution in [3.63, 3.8) is 0 Å². The predicted molar refractivity (Wildman–Crippen MR) is 111 cm³/mol. The van der Waals surface area contributed by atoms with Gasteiger partial charge in [0.25, 0.3) is 5.22 Å². The summed E-state index contributed by atoms with van der Waals surface area (Å²) >= 11 is 2.52. The number of rotatable bonds is 6. The van der Waals surface area contributed by atoms with E-state index in [1.165, 1.54) is 42.7 Å². The Balaban J connectivity index is 1.42. The normalized spacial score (nSPS) is 13.0. The van der Waals surface area contributed by atoms with E-state index in [1.54, 1.807) is 0 Å². The van der Waals surface area contributed by atoms with Gasteiger partial charge in [0.2, 0.25) is 11.8 Å². The van der Waals surface area contributed by atoms with Crippen molar-refractivity contribution in [1.29, 1.82) is 0 Å². The van der Waals surface area contributed by atoms with Crippen LogP contribution in [0.4, 0.5) is 9.39 Å². The van der Waals surface area contributed by atoms with Crippen LogP contribution in [-0.4, -0.2) is 34.9 Å². The van der Waals surface area contributed by atoms with Gasteiger partial charge in [0.1, 0.15) is 10.8 Å². The lowest BCUT2D eigenvalue weighted by Crippen LogP contribution is -2.16. The Labute approximate surface area is 180 Å². The second kappa shape index (κ2) is 8.97. The van der Waals surface area contributed by atoms with E-state index in [-0.39, 0.29) is 28.6 Å². The quantitative estimate of drug-likeness (QED) is 0.444. The fraction of sp³-hybridized carbons (Fsp3) is 0.300. The number of nitrogens with zero attached hydrogens (tertiary/aromatic N) is 2. The molecule has 0 spiro atoms. The number of nitrogens with one attached hydrogen (secondary N) is 1. The fourth-order valence-electron chi connectivity index (χ4n) is 3.24. The number of amides is 1. The first-order chi connectivity index (χ1) is 14.5. The van der Waals surface area contributed by atoms with Crippen molar-refractivity contribution in [2.24, 2.45) is 0 Å². The SMILES string of the molecule is COC(=O)c1c(NC(=O)CSc2nnc(-c3ccc(F)cc3)o2)sc2c1CCCC2. The van der Waals surface area contributed by atoms with Gasteiger partial charge in [-0.2, -0.15) is 0 Å². The van der Waals surface area contributed by atoms with Crippen LogP contribution in [-0.2, 0) is 22.4 Å². The van der Waals surface area contributed by atoms with Gasteiger partial charge in [-0.25, -0.2) is 9.18 Å². The molecule has 0 unspecified atom stereocenters. The standard InChI is InChI=1S/C20H18FN3O4S2/c1-27-19(26)16-13-4-2-3-5-14(13)30-18(16)22-15(25)10-29-20-24-23-17(28-20)11-6-8-12(21)9-7-11/h6-9H,2-5,10H2,1H3,(H,22,25). The van der Waals surface area contributed by atoms with Gasteiger partial charge >= 0.3 is 5.97 Å². The van der Waals surface area contributed by atoms with Crippen molar-refractivity contribution >= 4 is 40.0 Å². The molecular weight excluding hydrogens is 429 g/mol. The van der Waals surface area contributed by atoms with Crippen molar-refractivity contribution in [1.82, 2.24) is 10.2 Å². The summed E-state index contributed by atoms with van der Waals surface area (Å²) in [5, 5.41) is 11.4. The van der Waals surface area contributed by atoms with Crippen molar-refractivity contribution in [2.75, 3.05) is 18.2 Å². The smallest absolute Gasteiger partial charge is 0.341 e. The summed E-state index contributed by atoms with van der Waals surface area (Å²) in [5.41, 5.74) is 2.04. The van der Waals surface area contributed by atoms with Crippen LogP contribution >= 0.6 is 23.1 Å². The van der Waals surface area contributed by atoms with Crippen LogP contribution in [0.5, 0.6) is 0 Å². The largest absolute Gasteiger partial charge is 0.465 e. The Morgan fingerprint density at radius 2 is 2.00 bits per heavy atom. The van der Waals surface area contributed by atoms with Crippen molar-refractivity contribution < 1.29 is 23.1 Å². The zero-order valence-corrected chi connectivity index (χ0v) is 17.7. The van der Waals surface area contributed by atoms with Gasteiger partial charge in [-0.05, 0) is 55.5 Å². The van der Waals surface area contributed by atoms with E-state index in [4.69, 9.17) is 9.15 Å². The number of thiophene rings is 1. The Bertz CT molecular complexity index is 1080. The molecule has 1 amide bonds. The average Bonchev–Trinajstić information content (AvgIpc) is 3.36. The molecule has 0 atom stereocenters. The maximum atomic E-state index is 13.0. The zero-order chi connectivity index (χ0) is 21.1. The van der Waals surface area contributed by atoms with E-state index < -0.39 is 5.97 Å². The summed E-state index contributed by atoms with van der Waals surface area (Å²) in [5.74, 6) is -0.791. The number of fused-ring (bicyclic) bond motifs is 1. The lowest BCUT2D eigenvalue weighted by atomic mass is 9.95. The van der Waals surface area contributed by atoms with E-state index in [9.17, 15) is 14.0 Å². The molecule has 2 aromatic heterocycles. The summed E-state index contributed by atoms with van der Waals surface area (Å²) < 4.78 is 23.5. The maximum absolute atomic E-state index is 13.0. The molecule has 1 aliphatic carbocycles. The van der Waals surface area contributed by atoms with Gasteiger partial charge in [0.15, 0.2) is 0 Å². The molecule has 1 aliphatic rings. The van der Waals surface area contributed by atoms with E-state index in [2.05, 4.69) is 15.5 Å². The summed E-state index contributed by atoms with van der Waals surface area (Å²) in [6.45, 7) is 0. The Morgan fingerprint density at radius 3 is 2.77 bits per heavy atom. The first-order valence-corrected chi connectivity index (χ1v) is 11.1. The summed E-state index contributed by atoms with van der Waals surface area (Å²) in [7, 11) is 1.34. The number of aryl methyl sites for hydroxylation is 1. The summed E-state index contributed by atoms with van der Waals surface area (Å²) in [6.07, 6.45) is 3.81. The zero-order valence-electron chi connectivity index (χ0n) is 16.1. The number of carbonyl (C=O) groups is 2. The van der Waals surface area contributed by atoms with Crippen molar-refractivity contribution in [3.8, 4) is 11.5 Å². The van der Waals surface area contributed by atoms with E-state index in [0.29, 0.717) is 16.1 Å². The van der Waals surface area contributed by atoms with Crippen LogP contribution in [0.2, 0.25) is 0 Å². The molecule has 0 bridgehead atoms. The van der Waals surface area contributed by atoms with Gasteiger partial charge in [0, 0.05) is 10.4 Å². The fourth-order valence-corrected chi connectivity index (χ4v) is 5.10. The number of thioether (sulfide) groups is 1. The van der Waals surface area contributed by atoms with E-state index in [1.807, 2.05) is 0 Å². The molecular formula is C20H18FN3O4S2. The average molecular weight is 448 g/mol. The van der Waals surface area contributed by atoms with Crippen LogP contribution in [0.3, 0.4) is 0 Å². The van der Waals surface area contributed by atoms with E-state index >= 15 is 0 Å². The molecule has 10 heteroatoms. The summed E-state index contributed by atoms with van der Waals surface area (Å²) in [4.78, 5) is 25.9. The highest BCUT2D eigenvalue weighted by atomic mass is 32.2. The minimum atomic E-state index is -0.432. The number of esters is 1.